The molecule has 1 aliphatic rings. The van der Waals surface area contributed by atoms with E-state index in [9.17, 15) is 0 Å². The summed E-state index contributed by atoms with van der Waals surface area (Å²) in [6, 6.07) is 0. The lowest BCUT2D eigenvalue weighted by Gasteiger charge is -2.07. The lowest BCUT2D eigenvalue weighted by atomic mass is 10.0. The Balaban J connectivity index is 2.14. The van der Waals surface area contributed by atoms with Gasteiger partial charge < -0.3 is 5.73 Å². The first-order chi connectivity index (χ1) is 7.72. The molecule has 1 saturated carbocycles. The average molecular weight is 238 g/mol. The quantitative estimate of drug-likeness (QED) is 0.850. The molecule has 1 aromatic heterocycles. The average Bonchev–Trinajstić information content (AvgIpc) is 2.86. The molecule has 1 heterocycles. The largest absolute Gasteiger partial charge is 0.389 e. The van der Waals surface area contributed by atoms with Crippen LogP contribution in [-0.2, 0) is 0 Å². The minimum absolute atomic E-state index is 0.524. The summed E-state index contributed by atoms with van der Waals surface area (Å²) in [7, 11) is 0. The summed E-state index contributed by atoms with van der Waals surface area (Å²) >= 11 is 1.73. The molecule has 0 spiro atoms. The van der Waals surface area contributed by atoms with E-state index in [4.69, 9.17) is 10.7 Å². The second kappa shape index (κ2) is 5.17. The van der Waals surface area contributed by atoms with E-state index < -0.39 is 0 Å². The number of hydrogen-bond acceptors (Lipinski definition) is 3. The smallest absolute Gasteiger partial charge is 0.110 e. The number of nitrogen functional groups attached to an aromatic ring is 1. The molecule has 1 atom stereocenters. The number of hydrogen-bond donors (Lipinski definition) is 1. The fraction of sp³-hybridized carbons (Fsp3) is 0.769. The van der Waals surface area contributed by atoms with Crippen LogP contribution < -0.4 is 5.73 Å². The van der Waals surface area contributed by atoms with Crippen molar-refractivity contribution >= 4 is 16.3 Å². The molecule has 16 heavy (non-hydrogen) atoms. The Morgan fingerprint density at radius 1 is 1.44 bits per heavy atom. The number of rotatable bonds is 4. The summed E-state index contributed by atoms with van der Waals surface area (Å²) < 4.78 is 0. The van der Waals surface area contributed by atoms with Crippen molar-refractivity contribution in [3.8, 4) is 0 Å². The van der Waals surface area contributed by atoms with Gasteiger partial charge in [0.05, 0.1) is 10.7 Å². The van der Waals surface area contributed by atoms with Crippen LogP contribution in [0.2, 0.25) is 0 Å². The summed E-state index contributed by atoms with van der Waals surface area (Å²) in [6.45, 7) is 4.46. The molecular weight excluding hydrogens is 216 g/mol. The number of nitrogens with zero attached hydrogens (tertiary/aromatic N) is 1. The molecule has 0 bridgehead atoms. The number of nitrogens with two attached hydrogens (primary N) is 1. The molecule has 1 fully saturated rings. The highest BCUT2D eigenvalue weighted by Crippen LogP contribution is 2.40. The van der Waals surface area contributed by atoms with E-state index in [1.165, 1.54) is 43.5 Å². The van der Waals surface area contributed by atoms with Gasteiger partial charge in [-0.1, -0.05) is 33.1 Å². The topological polar surface area (TPSA) is 38.9 Å². The van der Waals surface area contributed by atoms with Gasteiger partial charge in [-0.15, -0.1) is 11.3 Å². The van der Waals surface area contributed by atoms with Crippen molar-refractivity contribution in [1.29, 1.82) is 0 Å². The zero-order valence-corrected chi connectivity index (χ0v) is 11.1. The molecule has 0 amide bonds. The van der Waals surface area contributed by atoms with Gasteiger partial charge in [0.2, 0.25) is 0 Å². The van der Waals surface area contributed by atoms with Crippen LogP contribution in [0.25, 0.3) is 0 Å². The van der Waals surface area contributed by atoms with Crippen LogP contribution in [0.3, 0.4) is 0 Å². The lowest BCUT2D eigenvalue weighted by molar-refractivity contribution is 0.641. The summed E-state index contributed by atoms with van der Waals surface area (Å²) in [5.41, 5.74) is 7.26. The first kappa shape index (κ1) is 11.9. The first-order valence-corrected chi connectivity index (χ1v) is 7.30. The Kier molecular flexibility index (Phi) is 3.85. The van der Waals surface area contributed by atoms with E-state index in [2.05, 4.69) is 13.8 Å². The van der Waals surface area contributed by atoms with Crippen LogP contribution in [0.4, 0.5) is 5.00 Å². The van der Waals surface area contributed by atoms with E-state index in [1.807, 2.05) is 0 Å². The van der Waals surface area contributed by atoms with Gasteiger partial charge in [0.15, 0.2) is 0 Å². The van der Waals surface area contributed by atoms with Gasteiger partial charge >= 0.3 is 0 Å². The monoisotopic (exact) mass is 238 g/mol. The minimum Gasteiger partial charge on any atom is -0.389 e. The van der Waals surface area contributed by atoms with Gasteiger partial charge in [-0.3, -0.25) is 0 Å². The second-order valence-electron chi connectivity index (χ2n) is 4.97. The maximum absolute atomic E-state index is 6.10. The molecule has 0 aliphatic heterocycles. The summed E-state index contributed by atoms with van der Waals surface area (Å²) in [5.74, 6) is 1.23. The maximum atomic E-state index is 6.10. The molecule has 3 heteroatoms. The third-order valence-electron chi connectivity index (χ3n) is 3.59. The van der Waals surface area contributed by atoms with E-state index in [1.54, 1.807) is 11.3 Å². The SMILES string of the molecule is CCCC(C)c1nc(C2CCCC2)sc1N. The zero-order chi connectivity index (χ0) is 11.5. The van der Waals surface area contributed by atoms with E-state index >= 15 is 0 Å². The zero-order valence-electron chi connectivity index (χ0n) is 10.3. The summed E-state index contributed by atoms with van der Waals surface area (Å²) in [4.78, 5) is 4.80. The lowest BCUT2D eigenvalue weighted by Crippen LogP contribution is -1.98. The molecule has 0 aromatic carbocycles. The Hall–Kier alpha value is -0.570. The standard InChI is InChI=1S/C13H22N2S/c1-3-6-9(2)11-12(14)16-13(15-11)10-7-4-5-8-10/h9-10H,3-8,14H2,1-2H3. The molecule has 2 N–H and O–H groups in total. The van der Waals surface area contributed by atoms with Gasteiger partial charge in [0, 0.05) is 11.8 Å². The van der Waals surface area contributed by atoms with Crippen LogP contribution >= 0.6 is 11.3 Å². The summed E-state index contributed by atoms with van der Waals surface area (Å²) in [6.07, 6.45) is 7.76. The van der Waals surface area contributed by atoms with Gasteiger partial charge in [-0.05, 0) is 19.3 Å². The molecule has 1 unspecified atom stereocenters. The fourth-order valence-electron chi connectivity index (χ4n) is 2.63. The van der Waals surface area contributed by atoms with Crippen molar-refractivity contribution < 1.29 is 0 Å². The normalized spacial score (nSPS) is 19.1. The molecule has 0 radical (unpaired) electrons. The third kappa shape index (κ3) is 2.40. The van der Waals surface area contributed by atoms with Crippen LogP contribution in [0.15, 0.2) is 0 Å². The van der Waals surface area contributed by atoms with Gasteiger partial charge in [-0.2, -0.15) is 0 Å². The van der Waals surface area contributed by atoms with Crippen molar-refractivity contribution in [2.75, 3.05) is 5.73 Å². The van der Waals surface area contributed by atoms with Gasteiger partial charge in [-0.25, -0.2) is 4.98 Å². The van der Waals surface area contributed by atoms with Crippen LogP contribution in [-0.4, -0.2) is 4.98 Å². The number of aromatic nitrogens is 1. The van der Waals surface area contributed by atoms with Gasteiger partial charge in [0.1, 0.15) is 5.00 Å². The van der Waals surface area contributed by atoms with E-state index in [0.29, 0.717) is 11.8 Å². The van der Waals surface area contributed by atoms with E-state index in [0.717, 1.165) is 10.7 Å². The highest BCUT2D eigenvalue weighted by molar-refractivity contribution is 7.15. The Labute approximate surface area is 102 Å². The third-order valence-corrected chi connectivity index (χ3v) is 4.65. The molecule has 1 aliphatic carbocycles. The first-order valence-electron chi connectivity index (χ1n) is 6.48. The molecule has 90 valence electrons. The van der Waals surface area contributed by atoms with Crippen LogP contribution in [0.5, 0.6) is 0 Å². The fourth-order valence-corrected chi connectivity index (χ4v) is 3.75. The number of anilines is 1. The van der Waals surface area contributed by atoms with Crippen LogP contribution in [0.1, 0.15) is 74.9 Å². The number of thiazole rings is 1. The summed E-state index contributed by atoms with van der Waals surface area (Å²) in [5, 5.41) is 2.26. The Morgan fingerprint density at radius 3 is 2.75 bits per heavy atom. The predicted octanol–water partition coefficient (Wildman–Crippen LogP) is 4.29. The predicted molar refractivity (Wildman–Crippen MR) is 71.1 cm³/mol. The minimum atomic E-state index is 0.524. The van der Waals surface area contributed by atoms with Crippen molar-refractivity contribution in [2.24, 2.45) is 0 Å². The molecule has 2 nitrogen and oxygen atoms in total. The van der Waals surface area contributed by atoms with Crippen molar-refractivity contribution in [3.05, 3.63) is 10.7 Å². The Bertz CT molecular complexity index is 340. The van der Waals surface area contributed by atoms with Crippen molar-refractivity contribution in [1.82, 2.24) is 4.98 Å². The van der Waals surface area contributed by atoms with E-state index in [-0.39, 0.29) is 0 Å². The molecule has 1 aromatic rings. The highest BCUT2D eigenvalue weighted by Gasteiger charge is 2.23. The molecule has 2 rings (SSSR count). The van der Waals surface area contributed by atoms with Crippen molar-refractivity contribution in [2.45, 2.75) is 64.2 Å². The second-order valence-corrected chi connectivity index (χ2v) is 6.03. The van der Waals surface area contributed by atoms with Crippen molar-refractivity contribution in [3.63, 3.8) is 0 Å². The van der Waals surface area contributed by atoms with Crippen LogP contribution in [0, 0.1) is 0 Å². The highest BCUT2D eigenvalue weighted by atomic mass is 32.1. The Morgan fingerprint density at radius 2 is 2.12 bits per heavy atom. The molecular formula is C13H22N2S. The maximum Gasteiger partial charge on any atom is 0.110 e. The molecule has 0 saturated heterocycles. The van der Waals surface area contributed by atoms with Gasteiger partial charge in [0.25, 0.3) is 0 Å².